The van der Waals surface area contributed by atoms with Gasteiger partial charge in [0.2, 0.25) is 0 Å². The number of benzene rings is 1. The number of aryl methyl sites for hydroxylation is 1. The Morgan fingerprint density at radius 3 is 2.70 bits per heavy atom. The van der Waals surface area contributed by atoms with Crippen LogP contribution >= 0.6 is 0 Å². The highest BCUT2D eigenvalue weighted by molar-refractivity contribution is 6.07. The first-order chi connectivity index (χ1) is 14.4. The van der Waals surface area contributed by atoms with Crippen LogP contribution in [0.2, 0.25) is 0 Å². The zero-order valence-electron chi connectivity index (χ0n) is 17.3. The van der Waals surface area contributed by atoms with Crippen LogP contribution < -0.4 is 10.7 Å². The second-order valence-electron chi connectivity index (χ2n) is 7.72. The molecule has 2 N–H and O–H groups in total. The molecule has 154 valence electrons. The molecule has 7 heteroatoms. The molecule has 0 aliphatic heterocycles. The molecule has 30 heavy (non-hydrogen) atoms. The lowest BCUT2D eigenvalue weighted by atomic mass is 9.93. The molecule has 0 atom stereocenters. The summed E-state index contributed by atoms with van der Waals surface area (Å²) >= 11 is 0. The largest absolute Gasteiger partial charge is 0.455 e. The molecule has 0 fully saturated rings. The van der Waals surface area contributed by atoms with Gasteiger partial charge >= 0.3 is 0 Å². The molecule has 1 aliphatic rings. The van der Waals surface area contributed by atoms with Crippen molar-refractivity contribution in [3.05, 3.63) is 64.7 Å². The van der Waals surface area contributed by atoms with E-state index in [0.717, 1.165) is 46.3 Å². The summed E-state index contributed by atoms with van der Waals surface area (Å²) in [5.74, 6) is 0.440. The number of nitrogens with zero attached hydrogens (tertiary/aromatic N) is 2. The minimum absolute atomic E-state index is 0.0147. The van der Waals surface area contributed by atoms with Gasteiger partial charge in [0.15, 0.2) is 5.76 Å². The number of hydrogen-bond donors (Lipinski definition) is 2. The van der Waals surface area contributed by atoms with E-state index in [2.05, 4.69) is 20.8 Å². The van der Waals surface area contributed by atoms with Crippen LogP contribution in [0.25, 0.3) is 10.9 Å². The zero-order chi connectivity index (χ0) is 21.3. The Morgan fingerprint density at radius 1 is 1.10 bits per heavy atom. The van der Waals surface area contributed by atoms with Gasteiger partial charge in [0.1, 0.15) is 11.5 Å². The van der Waals surface area contributed by atoms with E-state index < -0.39 is 0 Å². The first-order valence-electron chi connectivity index (χ1n) is 10.1. The SMILES string of the molecule is Cc1c(C(=O)NC(C)C)oc2c1/C(=N/NC(=O)c1ccc3ccccc3n1)CCC2. The molecule has 0 bridgehead atoms. The van der Waals surface area contributed by atoms with Crippen LogP contribution in [0.15, 0.2) is 45.9 Å². The maximum atomic E-state index is 12.6. The van der Waals surface area contributed by atoms with Crippen molar-refractivity contribution in [3.63, 3.8) is 0 Å². The maximum absolute atomic E-state index is 12.6. The smallest absolute Gasteiger partial charge is 0.289 e. The molecule has 0 saturated heterocycles. The van der Waals surface area contributed by atoms with Crippen molar-refractivity contribution in [1.29, 1.82) is 0 Å². The van der Waals surface area contributed by atoms with E-state index in [-0.39, 0.29) is 17.9 Å². The Bertz CT molecular complexity index is 1160. The summed E-state index contributed by atoms with van der Waals surface area (Å²) in [7, 11) is 0. The molecule has 0 spiro atoms. The highest BCUT2D eigenvalue weighted by atomic mass is 16.4. The summed E-state index contributed by atoms with van der Waals surface area (Å²) in [5, 5.41) is 8.19. The van der Waals surface area contributed by atoms with Gasteiger partial charge in [0.05, 0.1) is 11.2 Å². The van der Waals surface area contributed by atoms with E-state index in [1.807, 2.05) is 51.1 Å². The number of rotatable bonds is 4. The Labute approximate surface area is 174 Å². The summed E-state index contributed by atoms with van der Waals surface area (Å²) in [4.78, 5) is 29.4. The fraction of sp³-hybridized carbons (Fsp3) is 0.304. The Morgan fingerprint density at radius 2 is 1.90 bits per heavy atom. The molecule has 4 rings (SSSR count). The van der Waals surface area contributed by atoms with E-state index in [1.165, 1.54) is 0 Å². The van der Waals surface area contributed by atoms with Gasteiger partial charge < -0.3 is 9.73 Å². The van der Waals surface area contributed by atoms with Gasteiger partial charge in [-0.15, -0.1) is 0 Å². The summed E-state index contributed by atoms with van der Waals surface area (Å²) in [5.41, 5.74) is 5.96. The van der Waals surface area contributed by atoms with Crippen molar-refractivity contribution in [2.24, 2.45) is 5.10 Å². The molecule has 0 radical (unpaired) electrons. The third-order valence-corrected chi connectivity index (χ3v) is 5.08. The molecule has 7 nitrogen and oxygen atoms in total. The number of carbonyl (C=O) groups excluding carboxylic acids is 2. The van der Waals surface area contributed by atoms with Crippen molar-refractivity contribution in [2.45, 2.75) is 46.1 Å². The van der Waals surface area contributed by atoms with E-state index in [4.69, 9.17) is 4.42 Å². The van der Waals surface area contributed by atoms with Gasteiger partial charge in [-0.2, -0.15) is 5.10 Å². The van der Waals surface area contributed by atoms with Crippen molar-refractivity contribution >= 4 is 28.4 Å². The lowest BCUT2D eigenvalue weighted by molar-refractivity contribution is 0.0911. The molecule has 2 aromatic heterocycles. The summed E-state index contributed by atoms with van der Waals surface area (Å²) < 4.78 is 5.85. The summed E-state index contributed by atoms with van der Waals surface area (Å²) in [6, 6.07) is 11.2. The standard InChI is InChI=1S/C23H24N4O3/c1-13(2)24-23(29)21-14(3)20-17(9-6-10-19(20)30-21)26-27-22(28)18-12-11-15-7-4-5-8-16(15)25-18/h4-5,7-8,11-13H,6,9-10H2,1-3H3,(H,24,29)(H,27,28)/b26-17+. The number of hydrogen-bond acceptors (Lipinski definition) is 5. The number of aromatic nitrogens is 1. The second-order valence-corrected chi connectivity index (χ2v) is 7.72. The summed E-state index contributed by atoms with van der Waals surface area (Å²) in [6.07, 6.45) is 2.28. The van der Waals surface area contributed by atoms with Crippen LogP contribution in [-0.2, 0) is 6.42 Å². The monoisotopic (exact) mass is 404 g/mol. The van der Waals surface area contributed by atoms with Gasteiger partial charge in [0, 0.05) is 29.0 Å². The number of amides is 2. The number of furan rings is 1. The van der Waals surface area contributed by atoms with Gasteiger partial charge in [-0.25, -0.2) is 10.4 Å². The molecule has 2 heterocycles. The lowest BCUT2D eigenvalue weighted by Crippen LogP contribution is -2.30. The first-order valence-corrected chi connectivity index (χ1v) is 10.1. The van der Waals surface area contributed by atoms with Gasteiger partial charge in [-0.05, 0) is 45.7 Å². The molecule has 2 amide bonds. The number of nitrogens with one attached hydrogen (secondary N) is 2. The van der Waals surface area contributed by atoms with Gasteiger partial charge in [-0.1, -0.05) is 24.3 Å². The molecular formula is C23H24N4O3. The van der Waals surface area contributed by atoms with E-state index in [9.17, 15) is 9.59 Å². The normalized spacial score (nSPS) is 14.7. The predicted molar refractivity (Wildman–Crippen MR) is 115 cm³/mol. The van der Waals surface area contributed by atoms with E-state index in [0.29, 0.717) is 17.9 Å². The summed E-state index contributed by atoms with van der Waals surface area (Å²) in [6.45, 7) is 5.66. The maximum Gasteiger partial charge on any atom is 0.289 e. The molecule has 3 aromatic rings. The van der Waals surface area contributed by atoms with E-state index >= 15 is 0 Å². The number of para-hydroxylation sites is 1. The van der Waals surface area contributed by atoms with Crippen LogP contribution in [0.4, 0.5) is 0 Å². The van der Waals surface area contributed by atoms with Crippen LogP contribution in [0.1, 0.15) is 64.6 Å². The molecule has 0 unspecified atom stereocenters. The Kier molecular flexibility index (Phi) is 5.35. The molecule has 1 aliphatic carbocycles. The third kappa shape index (κ3) is 3.83. The van der Waals surface area contributed by atoms with Gasteiger partial charge in [0.25, 0.3) is 11.8 Å². The zero-order valence-corrected chi connectivity index (χ0v) is 17.3. The van der Waals surface area contributed by atoms with Crippen LogP contribution in [0.3, 0.4) is 0 Å². The van der Waals surface area contributed by atoms with Crippen molar-refractivity contribution in [3.8, 4) is 0 Å². The topological polar surface area (TPSA) is 96.6 Å². The second kappa shape index (κ2) is 8.10. The first kappa shape index (κ1) is 19.8. The predicted octanol–water partition coefficient (Wildman–Crippen LogP) is 3.74. The van der Waals surface area contributed by atoms with Crippen LogP contribution in [0.5, 0.6) is 0 Å². The highest BCUT2D eigenvalue weighted by Crippen LogP contribution is 2.30. The lowest BCUT2D eigenvalue weighted by Gasteiger charge is -2.13. The highest BCUT2D eigenvalue weighted by Gasteiger charge is 2.28. The van der Waals surface area contributed by atoms with Gasteiger partial charge in [-0.3, -0.25) is 9.59 Å². The average molecular weight is 404 g/mol. The quantitative estimate of drug-likeness (QED) is 0.647. The van der Waals surface area contributed by atoms with Crippen molar-refractivity contribution in [1.82, 2.24) is 15.7 Å². The van der Waals surface area contributed by atoms with Crippen LogP contribution in [-0.4, -0.2) is 28.6 Å². The fourth-order valence-corrected chi connectivity index (χ4v) is 3.69. The number of fused-ring (bicyclic) bond motifs is 2. The average Bonchev–Trinajstić information content (AvgIpc) is 3.08. The molecule has 0 saturated carbocycles. The molecular weight excluding hydrogens is 380 g/mol. The minimum Gasteiger partial charge on any atom is -0.455 e. The fourth-order valence-electron chi connectivity index (χ4n) is 3.69. The molecule has 1 aromatic carbocycles. The minimum atomic E-state index is -0.376. The van der Waals surface area contributed by atoms with Crippen molar-refractivity contribution < 1.29 is 14.0 Å². The Hall–Kier alpha value is -3.48. The van der Waals surface area contributed by atoms with Crippen molar-refractivity contribution in [2.75, 3.05) is 0 Å². The number of hydrazone groups is 1. The number of carbonyl (C=O) groups is 2. The van der Waals surface area contributed by atoms with Crippen LogP contribution in [0, 0.1) is 6.92 Å². The number of pyridine rings is 1. The Balaban J connectivity index is 1.58. The third-order valence-electron chi connectivity index (χ3n) is 5.08. The van der Waals surface area contributed by atoms with E-state index in [1.54, 1.807) is 6.07 Å².